The van der Waals surface area contributed by atoms with Crippen molar-refractivity contribution < 1.29 is 4.74 Å². The Morgan fingerprint density at radius 2 is 1.95 bits per heavy atom. The Kier molecular flexibility index (Phi) is 4.40. The molecule has 1 saturated carbocycles. The van der Waals surface area contributed by atoms with E-state index in [1.54, 1.807) is 0 Å². The van der Waals surface area contributed by atoms with Crippen LogP contribution in [0.2, 0.25) is 0 Å². The van der Waals surface area contributed by atoms with Crippen LogP contribution in [0.3, 0.4) is 0 Å². The number of hydrogen-bond donors (Lipinski definition) is 0. The summed E-state index contributed by atoms with van der Waals surface area (Å²) in [6.07, 6.45) is 11.1. The minimum absolute atomic E-state index is 0.269. The zero-order chi connectivity index (χ0) is 13.3. The number of rotatable bonds is 3. The Morgan fingerprint density at radius 3 is 2.68 bits per heavy atom. The monoisotopic (exact) mass is 285 g/mol. The molecule has 3 heteroatoms. The third-order valence-electron chi connectivity index (χ3n) is 5.70. The molecule has 3 rings (SSSR count). The van der Waals surface area contributed by atoms with Gasteiger partial charge in [-0.1, -0.05) is 26.2 Å². The van der Waals surface area contributed by atoms with Gasteiger partial charge in [0, 0.05) is 18.5 Å². The molecular formula is C16H28ClNO. The normalized spacial score (nSPS) is 39.2. The van der Waals surface area contributed by atoms with E-state index in [2.05, 4.69) is 11.8 Å². The van der Waals surface area contributed by atoms with Crippen molar-refractivity contribution >= 4 is 11.6 Å². The highest BCUT2D eigenvalue weighted by Gasteiger charge is 2.42. The van der Waals surface area contributed by atoms with E-state index in [-0.39, 0.29) is 5.60 Å². The molecule has 2 heterocycles. The first-order valence-corrected chi connectivity index (χ1v) is 8.74. The van der Waals surface area contributed by atoms with Gasteiger partial charge in [0.1, 0.15) is 0 Å². The largest absolute Gasteiger partial charge is 0.370 e. The predicted molar refractivity (Wildman–Crippen MR) is 79.8 cm³/mol. The van der Waals surface area contributed by atoms with Crippen molar-refractivity contribution in [1.29, 1.82) is 0 Å². The van der Waals surface area contributed by atoms with Gasteiger partial charge in [-0.05, 0) is 44.6 Å². The molecule has 0 aromatic rings. The van der Waals surface area contributed by atoms with Gasteiger partial charge in [-0.25, -0.2) is 0 Å². The summed E-state index contributed by atoms with van der Waals surface area (Å²) in [5.74, 6) is 1.53. The molecule has 3 aliphatic rings. The standard InChI is InChI=1S/C16H28ClNO/c1-13-6-10-18(15(13)11-17)12-14-5-9-16(19-14)7-3-2-4-8-16/h13-15H,2-12H2,1H3. The zero-order valence-corrected chi connectivity index (χ0v) is 13.0. The quantitative estimate of drug-likeness (QED) is 0.731. The number of halogens is 1. The summed E-state index contributed by atoms with van der Waals surface area (Å²) < 4.78 is 6.50. The van der Waals surface area contributed by atoms with E-state index >= 15 is 0 Å². The third-order valence-corrected chi connectivity index (χ3v) is 6.01. The second kappa shape index (κ2) is 5.91. The highest BCUT2D eigenvalue weighted by molar-refractivity contribution is 6.18. The molecule has 1 aliphatic carbocycles. The molecule has 0 aromatic heterocycles. The fourth-order valence-electron chi connectivity index (χ4n) is 4.41. The van der Waals surface area contributed by atoms with Gasteiger partial charge in [0.05, 0.1) is 11.7 Å². The van der Waals surface area contributed by atoms with Crippen molar-refractivity contribution in [2.75, 3.05) is 19.0 Å². The molecule has 2 nitrogen and oxygen atoms in total. The zero-order valence-electron chi connectivity index (χ0n) is 12.2. The maximum atomic E-state index is 6.50. The highest BCUT2D eigenvalue weighted by atomic mass is 35.5. The lowest BCUT2D eigenvalue weighted by molar-refractivity contribution is -0.0725. The van der Waals surface area contributed by atoms with Gasteiger partial charge in [-0.15, -0.1) is 11.6 Å². The van der Waals surface area contributed by atoms with Crippen LogP contribution in [0.4, 0.5) is 0 Å². The van der Waals surface area contributed by atoms with Crippen LogP contribution in [0.5, 0.6) is 0 Å². The lowest BCUT2D eigenvalue weighted by Gasteiger charge is -2.34. The van der Waals surface area contributed by atoms with Crippen molar-refractivity contribution in [1.82, 2.24) is 4.90 Å². The maximum Gasteiger partial charge on any atom is 0.0710 e. The van der Waals surface area contributed by atoms with Crippen molar-refractivity contribution in [2.45, 2.75) is 76.0 Å². The molecule has 110 valence electrons. The summed E-state index contributed by atoms with van der Waals surface area (Å²) in [6.45, 7) is 4.67. The van der Waals surface area contributed by atoms with Crippen LogP contribution in [0, 0.1) is 5.92 Å². The van der Waals surface area contributed by atoms with E-state index in [0.29, 0.717) is 12.1 Å². The minimum Gasteiger partial charge on any atom is -0.370 e. The van der Waals surface area contributed by atoms with Crippen LogP contribution in [-0.2, 0) is 4.74 Å². The molecule has 1 spiro atoms. The first-order chi connectivity index (χ1) is 9.22. The average Bonchev–Trinajstić information content (AvgIpc) is 2.96. The molecule has 0 aromatic carbocycles. The lowest BCUT2D eigenvalue weighted by atomic mass is 9.83. The van der Waals surface area contributed by atoms with Gasteiger partial charge in [0.2, 0.25) is 0 Å². The molecule has 0 N–H and O–H groups in total. The van der Waals surface area contributed by atoms with E-state index in [9.17, 15) is 0 Å². The fraction of sp³-hybridized carbons (Fsp3) is 1.00. The summed E-state index contributed by atoms with van der Waals surface area (Å²) >= 11 is 6.14. The smallest absolute Gasteiger partial charge is 0.0710 e. The van der Waals surface area contributed by atoms with Crippen LogP contribution in [0.1, 0.15) is 58.3 Å². The van der Waals surface area contributed by atoms with Gasteiger partial charge in [0.15, 0.2) is 0 Å². The molecule has 3 unspecified atom stereocenters. The van der Waals surface area contributed by atoms with Gasteiger partial charge in [0.25, 0.3) is 0 Å². The summed E-state index contributed by atoms with van der Waals surface area (Å²) in [4.78, 5) is 2.59. The number of hydrogen-bond acceptors (Lipinski definition) is 2. The van der Waals surface area contributed by atoms with E-state index in [0.717, 1.165) is 18.3 Å². The number of ether oxygens (including phenoxy) is 1. The SMILES string of the molecule is CC1CCN(CC2CCC3(CCCCC3)O2)C1CCl. The average molecular weight is 286 g/mol. The van der Waals surface area contributed by atoms with E-state index in [1.807, 2.05) is 0 Å². The third kappa shape index (κ3) is 2.96. The highest BCUT2D eigenvalue weighted by Crippen LogP contribution is 2.42. The van der Waals surface area contributed by atoms with Crippen LogP contribution < -0.4 is 0 Å². The summed E-state index contributed by atoms with van der Waals surface area (Å²) in [5, 5.41) is 0. The van der Waals surface area contributed by atoms with Crippen molar-refractivity contribution in [3.8, 4) is 0 Å². The van der Waals surface area contributed by atoms with E-state index in [1.165, 1.54) is 57.9 Å². The Morgan fingerprint density at radius 1 is 1.16 bits per heavy atom. The molecule has 0 radical (unpaired) electrons. The molecule has 2 saturated heterocycles. The Hall–Kier alpha value is 0.210. The van der Waals surface area contributed by atoms with Gasteiger partial charge < -0.3 is 4.74 Å². The molecule has 0 bridgehead atoms. The van der Waals surface area contributed by atoms with Crippen LogP contribution in [0.25, 0.3) is 0 Å². The van der Waals surface area contributed by atoms with Crippen molar-refractivity contribution in [3.05, 3.63) is 0 Å². The predicted octanol–water partition coefficient (Wildman–Crippen LogP) is 3.82. The van der Waals surface area contributed by atoms with Crippen molar-refractivity contribution in [2.24, 2.45) is 5.92 Å². The summed E-state index contributed by atoms with van der Waals surface area (Å²) in [6, 6.07) is 0.577. The second-order valence-corrected chi connectivity index (χ2v) is 7.31. The maximum absolute atomic E-state index is 6.50. The first-order valence-electron chi connectivity index (χ1n) is 8.20. The van der Waals surface area contributed by atoms with Crippen LogP contribution in [0.15, 0.2) is 0 Å². The number of nitrogens with zero attached hydrogens (tertiary/aromatic N) is 1. The molecule has 19 heavy (non-hydrogen) atoms. The Balaban J connectivity index is 1.54. The Labute approximate surface area is 122 Å². The lowest BCUT2D eigenvalue weighted by Crippen LogP contribution is -2.40. The van der Waals surface area contributed by atoms with Gasteiger partial charge in [-0.2, -0.15) is 0 Å². The van der Waals surface area contributed by atoms with E-state index < -0.39 is 0 Å². The minimum atomic E-state index is 0.269. The molecule has 3 fully saturated rings. The number of likely N-dealkylation sites (tertiary alicyclic amines) is 1. The topological polar surface area (TPSA) is 12.5 Å². The van der Waals surface area contributed by atoms with Crippen LogP contribution >= 0.6 is 11.6 Å². The van der Waals surface area contributed by atoms with Crippen molar-refractivity contribution in [3.63, 3.8) is 0 Å². The molecule has 2 aliphatic heterocycles. The second-order valence-electron chi connectivity index (χ2n) is 7.00. The fourth-order valence-corrected chi connectivity index (χ4v) is 4.91. The number of alkyl halides is 1. The molecule has 0 amide bonds. The first kappa shape index (κ1) is 14.2. The molecule has 3 atom stereocenters. The summed E-state index contributed by atoms with van der Waals surface area (Å²) in [5.41, 5.74) is 0.269. The Bertz CT molecular complexity index is 303. The molecular weight excluding hydrogens is 258 g/mol. The van der Waals surface area contributed by atoms with E-state index in [4.69, 9.17) is 16.3 Å². The van der Waals surface area contributed by atoms with Gasteiger partial charge in [-0.3, -0.25) is 4.90 Å². The van der Waals surface area contributed by atoms with Crippen LogP contribution in [-0.4, -0.2) is 41.6 Å². The summed E-state index contributed by atoms with van der Waals surface area (Å²) in [7, 11) is 0. The van der Waals surface area contributed by atoms with Gasteiger partial charge >= 0.3 is 0 Å².